The van der Waals surface area contributed by atoms with Gasteiger partial charge in [-0.3, -0.25) is 4.79 Å². The van der Waals surface area contributed by atoms with Gasteiger partial charge in [0.15, 0.2) is 5.58 Å². The van der Waals surface area contributed by atoms with E-state index in [1.807, 2.05) is 49.4 Å². The van der Waals surface area contributed by atoms with Crippen LogP contribution in [-0.2, 0) is 4.79 Å². The second-order valence-corrected chi connectivity index (χ2v) is 5.78. The molecule has 4 heteroatoms. The molecule has 110 valence electrons. The SMILES string of the molecule is Cc1ccc(-c2nc3ccccc3o2)cc1NC(=O)C1CC1. The minimum atomic E-state index is 0.109. The summed E-state index contributed by atoms with van der Waals surface area (Å²) in [5, 5.41) is 3.01. The Labute approximate surface area is 128 Å². The largest absolute Gasteiger partial charge is 0.436 e. The summed E-state index contributed by atoms with van der Waals surface area (Å²) in [6, 6.07) is 13.6. The summed E-state index contributed by atoms with van der Waals surface area (Å²) < 4.78 is 5.79. The maximum Gasteiger partial charge on any atom is 0.227 e. The Kier molecular flexibility index (Phi) is 2.96. The molecule has 1 N–H and O–H groups in total. The molecule has 1 aliphatic carbocycles. The Balaban J connectivity index is 1.70. The van der Waals surface area contributed by atoms with E-state index in [-0.39, 0.29) is 11.8 Å². The number of benzene rings is 2. The standard InChI is InChI=1S/C18H16N2O2/c1-11-6-7-13(10-15(11)19-17(21)12-8-9-12)18-20-14-4-2-3-5-16(14)22-18/h2-7,10,12H,8-9H2,1H3,(H,19,21). The van der Waals surface area contributed by atoms with Gasteiger partial charge in [-0.15, -0.1) is 0 Å². The summed E-state index contributed by atoms with van der Waals surface area (Å²) in [6.07, 6.45) is 1.99. The molecule has 0 bridgehead atoms. The summed E-state index contributed by atoms with van der Waals surface area (Å²) in [5.41, 5.74) is 4.33. The summed E-state index contributed by atoms with van der Waals surface area (Å²) in [5.74, 6) is 0.869. The smallest absolute Gasteiger partial charge is 0.227 e. The van der Waals surface area contributed by atoms with Crippen LogP contribution in [0.2, 0.25) is 0 Å². The molecule has 4 nitrogen and oxygen atoms in total. The molecule has 0 saturated heterocycles. The van der Waals surface area contributed by atoms with Crippen LogP contribution in [0.1, 0.15) is 18.4 Å². The minimum Gasteiger partial charge on any atom is -0.436 e. The van der Waals surface area contributed by atoms with Gasteiger partial charge in [-0.05, 0) is 49.6 Å². The third kappa shape index (κ3) is 2.37. The molecule has 0 spiro atoms. The van der Waals surface area contributed by atoms with Crippen molar-refractivity contribution in [3.05, 3.63) is 48.0 Å². The Morgan fingerprint density at radius 2 is 2.05 bits per heavy atom. The predicted octanol–water partition coefficient (Wildman–Crippen LogP) is 4.15. The van der Waals surface area contributed by atoms with Crippen LogP contribution in [0.15, 0.2) is 46.9 Å². The van der Waals surface area contributed by atoms with Crippen LogP contribution >= 0.6 is 0 Å². The van der Waals surface area contributed by atoms with Crippen molar-refractivity contribution in [1.82, 2.24) is 4.98 Å². The van der Waals surface area contributed by atoms with Gasteiger partial charge in [0, 0.05) is 17.2 Å². The first-order valence-electron chi connectivity index (χ1n) is 7.48. The Bertz CT molecular complexity index is 829. The quantitative estimate of drug-likeness (QED) is 0.789. The highest BCUT2D eigenvalue weighted by atomic mass is 16.3. The lowest BCUT2D eigenvalue weighted by Gasteiger charge is -2.09. The van der Waals surface area contributed by atoms with Crippen LogP contribution < -0.4 is 5.32 Å². The number of carbonyl (C=O) groups excluding carboxylic acids is 1. The van der Waals surface area contributed by atoms with E-state index < -0.39 is 0 Å². The number of oxazole rings is 1. The van der Waals surface area contributed by atoms with E-state index >= 15 is 0 Å². The number of para-hydroxylation sites is 2. The molecule has 0 atom stereocenters. The fraction of sp³-hybridized carbons (Fsp3) is 0.222. The third-order valence-corrected chi connectivity index (χ3v) is 3.98. The van der Waals surface area contributed by atoms with Crippen LogP contribution in [0.5, 0.6) is 0 Å². The molecule has 1 amide bonds. The molecule has 22 heavy (non-hydrogen) atoms. The fourth-order valence-corrected chi connectivity index (χ4v) is 2.47. The number of rotatable bonds is 3. The van der Waals surface area contributed by atoms with Crippen molar-refractivity contribution in [3.8, 4) is 11.5 Å². The van der Waals surface area contributed by atoms with Gasteiger partial charge < -0.3 is 9.73 Å². The zero-order chi connectivity index (χ0) is 15.1. The zero-order valence-corrected chi connectivity index (χ0v) is 12.3. The van der Waals surface area contributed by atoms with E-state index in [1.165, 1.54) is 0 Å². The average molecular weight is 292 g/mol. The van der Waals surface area contributed by atoms with Crippen molar-refractivity contribution in [2.24, 2.45) is 5.92 Å². The molecule has 1 aliphatic rings. The summed E-state index contributed by atoms with van der Waals surface area (Å²) in [4.78, 5) is 16.5. The molecule has 4 rings (SSSR count). The number of carbonyl (C=O) groups is 1. The molecule has 3 aromatic rings. The Morgan fingerprint density at radius 3 is 2.82 bits per heavy atom. The normalized spacial score (nSPS) is 14.2. The first kappa shape index (κ1) is 13.1. The van der Waals surface area contributed by atoms with E-state index in [0.29, 0.717) is 5.89 Å². The maximum atomic E-state index is 12.0. The molecule has 2 aromatic carbocycles. The van der Waals surface area contributed by atoms with E-state index in [0.717, 1.165) is 40.8 Å². The average Bonchev–Trinajstić information content (AvgIpc) is 3.28. The third-order valence-electron chi connectivity index (χ3n) is 3.98. The molecule has 1 heterocycles. The van der Waals surface area contributed by atoms with Gasteiger partial charge in [-0.1, -0.05) is 18.2 Å². The number of nitrogens with one attached hydrogen (secondary N) is 1. The summed E-state index contributed by atoms with van der Waals surface area (Å²) >= 11 is 0. The monoisotopic (exact) mass is 292 g/mol. The molecule has 1 saturated carbocycles. The Morgan fingerprint density at radius 1 is 1.23 bits per heavy atom. The van der Waals surface area contributed by atoms with Crippen molar-refractivity contribution in [3.63, 3.8) is 0 Å². The van der Waals surface area contributed by atoms with Crippen molar-refractivity contribution in [1.29, 1.82) is 0 Å². The number of fused-ring (bicyclic) bond motifs is 1. The topological polar surface area (TPSA) is 55.1 Å². The first-order chi connectivity index (χ1) is 10.7. The highest BCUT2D eigenvalue weighted by molar-refractivity contribution is 5.95. The predicted molar refractivity (Wildman–Crippen MR) is 85.5 cm³/mol. The molecule has 1 fully saturated rings. The molecular formula is C18H16N2O2. The van der Waals surface area contributed by atoms with Gasteiger partial charge in [-0.25, -0.2) is 4.98 Å². The van der Waals surface area contributed by atoms with E-state index in [2.05, 4.69) is 10.3 Å². The molecule has 1 aromatic heterocycles. The van der Waals surface area contributed by atoms with Gasteiger partial charge in [0.2, 0.25) is 11.8 Å². The van der Waals surface area contributed by atoms with E-state index in [1.54, 1.807) is 0 Å². The van der Waals surface area contributed by atoms with Crippen LogP contribution in [0, 0.1) is 12.8 Å². The lowest BCUT2D eigenvalue weighted by Crippen LogP contribution is -2.14. The lowest BCUT2D eigenvalue weighted by atomic mass is 10.1. The van der Waals surface area contributed by atoms with Crippen molar-refractivity contribution in [2.75, 3.05) is 5.32 Å². The molecule has 0 aliphatic heterocycles. The van der Waals surface area contributed by atoms with Crippen LogP contribution in [-0.4, -0.2) is 10.9 Å². The number of aromatic nitrogens is 1. The van der Waals surface area contributed by atoms with Crippen LogP contribution in [0.25, 0.3) is 22.6 Å². The number of hydrogen-bond acceptors (Lipinski definition) is 3. The number of nitrogens with zero attached hydrogens (tertiary/aromatic N) is 1. The molecular weight excluding hydrogens is 276 g/mol. The second-order valence-electron chi connectivity index (χ2n) is 5.78. The highest BCUT2D eigenvalue weighted by Crippen LogP contribution is 2.32. The summed E-state index contributed by atoms with van der Waals surface area (Å²) in [7, 11) is 0. The van der Waals surface area contributed by atoms with E-state index in [4.69, 9.17) is 4.42 Å². The fourth-order valence-electron chi connectivity index (χ4n) is 2.47. The first-order valence-corrected chi connectivity index (χ1v) is 7.48. The van der Waals surface area contributed by atoms with Gasteiger partial charge in [0.1, 0.15) is 5.52 Å². The van der Waals surface area contributed by atoms with Gasteiger partial charge in [-0.2, -0.15) is 0 Å². The number of anilines is 1. The van der Waals surface area contributed by atoms with Gasteiger partial charge >= 0.3 is 0 Å². The molecule has 0 radical (unpaired) electrons. The van der Waals surface area contributed by atoms with Crippen molar-refractivity contribution >= 4 is 22.7 Å². The summed E-state index contributed by atoms with van der Waals surface area (Å²) in [6.45, 7) is 1.98. The highest BCUT2D eigenvalue weighted by Gasteiger charge is 2.29. The van der Waals surface area contributed by atoms with Gasteiger partial charge in [0.25, 0.3) is 0 Å². The zero-order valence-electron chi connectivity index (χ0n) is 12.3. The molecule has 0 unspecified atom stereocenters. The van der Waals surface area contributed by atoms with Gasteiger partial charge in [0.05, 0.1) is 0 Å². The Hall–Kier alpha value is -2.62. The second kappa shape index (κ2) is 4.98. The van der Waals surface area contributed by atoms with Crippen molar-refractivity contribution in [2.45, 2.75) is 19.8 Å². The minimum absolute atomic E-state index is 0.109. The lowest BCUT2D eigenvalue weighted by molar-refractivity contribution is -0.117. The van der Waals surface area contributed by atoms with Crippen molar-refractivity contribution < 1.29 is 9.21 Å². The van der Waals surface area contributed by atoms with Crippen LogP contribution in [0.3, 0.4) is 0 Å². The number of hydrogen-bond donors (Lipinski definition) is 1. The van der Waals surface area contributed by atoms with E-state index in [9.17, 15) is 4.79 Å². The number of amides is 1. The maximum absolute atomic E-state index is 12.0. The number of aryl methyl sites for hydroxylation is 1. The van der Waals surface area contributed by atoms with Crippen LogP contribution in [0.4, 0.5) is 5.69 Å².